The summed E-state index contributed by atoms with van der Waals surface area (Å²) in [5.74, 6) is 6.30. The molecule has 2 aromatic carbocycles. The van der Waals surface area contributed by atoms with Crippen molar-refractivity contribution in [3.05, 3.63) is 83.9 Å². The SMILES string of the molecule is CN(C)c1ccc(C(=O)NCCCn2ccnc2)cc1C#Cc1ccccc1. The van der Waals surface area contributed by atoms with Crippen LogP contribution in [0.1, 0.15) is 27.9 Å². The molecule has 1 heterocycles. The molecule has 1 amide bonds. The quantitative estimate of drug-likeness (QED) is 0.534. The number of hydrogen-bond donors (Lipinski definition) is 1. The van der Waals surface area contributed by atoms with Gasteiger partial charge in [-0.3, -0.25) is 4.79 Å². The number of hydrogen-bond acceptors (Lipinski definition) is 3. The summed E-state index contributed by atoms with van der Waals surface area (Å²) >= 11 is 0. The summed E-state index contributed by atoms with van der Waals surface area (Å²) in [7, 11) is 3.94. The van der Waals surface area contributed by atoms with Crippen molar-refractivity contribution < 1.29 is 4.79 Å². The molecular weight excluding hydrogens is 348 g/mol. The highest BCUT2D eigenvalue weighted by atomic mass is 16.1. The van der Waals surface area contributed by atoms with Gasteiger partial charge < -0.3 is 14.8 Å². The van der Waals surface area contributed by atoms with Crippen molar-refractivity contribution in [3.63, 3.8) is 0 Å². The average molecular weight is 372 g/mol. The van der Waals surface area contributed by atoms with Crippen LogP contribution in [-0.4, -0.2) is 36.1 Å². The summed E-state index contributed by atoms with van der Waals surface area (Å²) < 4.78 is 2.00. The highest BCUT2D eigenvalue weighted by Crippen LogP contribution is 2.19. The van der Waals surface area contributed by atoms with E-state index in [1.165, 1.54) is 0 Å². The molecule has 0 bridgehead atoms. The number of carbonyl (C=O) groups excluding carboxylic acids is 1. The standard InChI is InChI=1S/C23H24N4O/c1-26(2)22-12-11-21(17-20(22)10-9-19-7-4-3-5-8-19)23(28)25-13-6-15-27-16-14-24-18-27/h3-5,7-8,11-12,14,16-18H,6,13,15H2,1-2H3,(H,25,28). The smallest absolute Gasteiger partial charge is 0.251 e. The van der Waals surface area contributed by atoms with Gasteiger partial charge >= 0.3 is 0 Å². The second kappa shape index (κ2) is 9.43. The molecule has 3 rings (SSSR count). The van der Waals surface area contributed by atoms with E-state index in [0.717, 1.165) is 29.8 Å². The van der Waals surface area contributed by atoms with Gasteiger partial charge in [-0.2, -0.15) is 0 Å². The molecule has 0 aliphatic heterocycles. The maximum atomic E-state index is 12.5. The molecule has 0 spiro atoms. The highest BCUT2D eigenvalue weighted by molar-refractivity contribution is 5.95. The number of imidazole rings is 1. The van der Waals surface area contributed by atoms with Gasteiger partial charge in [0.15, 0.2) is 0 Å². The van der Waals surface area contributed by atoms with Crippen molar-refractivity contribution in [1.29, 1.82) is 0 Å². The normalized spacial score (nSPS) is 10.1. The number of aryl methyl sites for hydroxylation is 1. The van der Waals surface area contributed by atoms with Crippen LogP contribution in [0.2, 0.25) is 0 Å². The second-order valence-corrected chi connectivity index (χ2v) is 6.65. The number of amides is 1. The number of carbonyl (C=O) groups is 1. The first kappa shape index (κ1) is 19.2. The third-order valence-corrected chi connectivity index (χ3v) is 4.29. The van der Waals surface area contributed by atoms with Gasteiger partial charge in [-0.05, 0) is 36.8 Å². The molecule has 0 unspecified atom stereocenters. The second-order valence-electron chi connectivity index (χ2n) is 6.65. The first-order valence-electron chi connectivity index (χ1n) is 9.26. The van der Waals surface area contributed by atoms with Gasteiger partial charge in [0.25, 0.3) is 5.91 Å². The number of rotatable bonds is 6. The fraction of sp³-hybridized carbons (Fsp3) is 0.217. The monoisotopic (exact) mass is 372 g/mol. The van der Waals surface area contributed by atoms with E-state index < -0.39 is 0 Å². The molecule has 3 aromatic rings. The molecule has 0 saturated carbocycles. The Morgan fingerprint density at radius 2 is 1.96 bits per heavy atom. The average Bonchev–Trinajstić information content (AvgIpc) is 3.23. The predicted octanol–water partition coefficient (Wildman–Crippen LogP) is 3.17. The Hall–Kier alpha value is -3.52. The van der Waals surface area contributed by atoms with Gasteiger partial charge in [-0.15, -0.1) is 0 Å². The Morgan fingerprint density at radius 3 is 2.68 bits per heavy atom. The zero-order valence-electron chi connectivity index (χ0n) is 16.2. The van der Waals surface area contributed by atoms with Gasteiger partial charge in [-0.25, -0.2) is 4.98 Å². The Bertz CT molecular complexity index is 967. The molecule has 142 valence electrons. The fourth-order valence-corrected chi connectivity index (χ4v) is 2.81. The zero-order chi connectivity index (χ0) is 19.8. The van der Waals surface area contributed by atoms with Crippen LogP contribution in [0.5, 0.6) is 0 Å². The lowest BCUT2D eigenvalue weighted by atomic mass is 10.1. The van der Waals surface area contributed by atoms with Gasteiger partial charge in [0, 0.05) is 56.3 Å². The molecule has 0 fully saturated rings. The van der Waals surface area contributed by atoms with Crippen LogP contribution in [0, 0.1) is 11.8 Å². The summed E-state index contributed by atoms with van der Waals surface area (Å²) in [4.78, 5) is 18.5. The van der Waals surface area contributed by atoms with E-state index >= 15 is 0 Å². The van der Waals surface area contributed by atoms with Crippen LogP contribution < -0.4 is 10.2 Å². The van der Waals surface area contributed by atoms with E-state index in [4.69, 9.17) is 0 Å². The summed E-state index contributed by atoms with van der Waals surface area (Å²) in [5, 5.41) is 2.98. The van der Waals surface area contributed by atoms with Crippen LogP contribution in [0.4, 0.5) is 5.69 Å². The Labute approximate surface area is 166 Å². The Morgan fingerprint density at radius 1 is 1.14 bits per heavy atom. The van der Waals surface area contributed by atoms with Gasteiger partial charge in [0.2, 0.25) is 0 Å². The molecule has 0 saturated heterocycles. The molecule has 0 radical (unpaired) electrons. The van der Waals surface area contributed by atoms with Crippen molar-refractivity contribution in [1.82, 2.24) is 14.9 Å². The third kappa shape index (κ3) is 5.24. The largest absolute Gasteiger partial charge is 0.377 e. The molecule has 0 aliphatic rings. The Balaban J connectivity index is 1.69. The van der Waals surface area contributed by atoms with E-state index in [-0.39, 0.29) is 5.91 Å². The van der Waals surface area contributed by atoms with Crippen molar-refractivity contribution in [2.75, 3.05) is 25.5 Å². The van der Waals surface area contributed by atoms with Gasteiger partial charge in [0.05, 0.1) is 12.0 Å². The van der Waals surface area contributed by atoms with E-state index in [9.17, 15) is 4.79 Å². The number of nitrogens with zero attached hydrogens (tertiary/aromatic N) is 3. The minimum absolute atomic E-state index is 0.0845. The predicted molar refractivity (Wildman–Crippen MR) is 112 cm³/mol. The lowest BCUT2D eigenvalue weighted by Crippen LogP contribution is -2.25. The molecule has 0 aliphatic carbocycles. The van der Waals surface area contributed by atoms with E-state index in [1.54, 1.807) is 12.5 Å². The first-order chi connectivity index (χ1) is 13.6. The summed E-state index contributed by atoms with van der Waals surface area (Å²) in [6.07, 6.45) is 6.29. The van der Waals surface area contributed by atoms with Gasteiger partial charge in [-0.1, -0.05) is 30.0 Å². The third-order valence-electron chi connectivity index (χ3n) is 4.29. The van der Waals surface area contributed by atoms with E-state index in [2.05, 4.69) is 22.1 Å². The van der Waals surface area contributed by atoms with Crippen molar-refractivity contribution >= 4 is 11.6 Å². The van der Waals surface area contributed by atoms with Crippen LogP contribution in [0.15, 0.2) is 67.3 Å². The molecule has 5 nitrogen and oxygen atoms in total. The molecule has 0 atom stereocenters. The zero-order valence-corrected chi connectivity index (χ0v) is 16.2. The summed E-state index contributed by atoms with van der Waals surface area (Å²) in [5.41, 5.74) is 3.38. The van der Waals surface area contributed by atoms with Gasteiger partial charge in [0.1, 0.15) is 0 Å². The minimum atomic E-state index is -0.0845. The molecule has 1 N–H and O–H groups in total. The molecule has 5 heteroatoms. The number of aromatic nitrogens is 2. The van der Waals surface area contributed by atoms with Crippen molar-refractivity contribution in [2.24, 2.45) is 0 Å². The molecular formula is C23H24N4O. The van der Waals surface area contributed by atoms with Crippen LogP contribution in [0.25, 0.3) is 0 Å². The lowest BCUT2D eigenvalue weighted by Gasteiger charge is -2.15. The van der Waals surface area contributed by atoms with Crippen LogP contribution in [-0.2, 0) is 6.54 Å². The number of nitrogens with one attached hydrogen (secondary N) is 1. The topological polar surface area (TPSA) is 50.2 Å². The van der Waals surface area contributed by atoms with Crippen molar-refractivity contribution in [2.45, 2.75) is 13.0 Å². The molecule has 1 aromatic heterocycles. The van der Waals surface area contributed by atoms with Crippen molar-refractivity contribution in [3.8, 4) is 11.8 Å². The molecule has 28 heavy (non-hydrogen) atoms. The Kier molecular flexibility index (Phi) is 6.48. The highest BCUT2D eigenvalue weighted by Gasteiger charge is 2.09. The maximum Gasteiger partial charge on any atom is 0.251 e. The summed E-state index contributed by atoms with van der Waals surface area (Å²) in [6.45, 7) is 1.44. The maximum absolute atomic E-state index is 12.5. The lowest BCUT2D eigenvalue weighted by molar-refractivity contribution is 0.0952. The minimum Gasteiger partial charge on any atom is -0.377 e. The number of benzene rings is 2. The van der Waals surface area contributed by atoms with Crippen LogP contribution in [0.3, 0.4) is 0 Å². The fourth-order valence-electron chi connectivity index (χ4n) is 2.81. The van der Waals surface area contributed by atoms with Crippen LogP contribution >= 0.6 is 0 Å². The van der Waals surface area contributed by atoms with E-state index in [1.807, 2.05) is 78.3 Å². The first-order valence-corrected chi connectivity index (χ1v) is 9.26. The summed E-state index contributed by atoms with van der Waals surface area (Å²) in [6, 6.07) is 15.5. The number of anilines is 1. The van der Waals surface area contributed by atoms with E-state index in [0.29, 0.717) is 12.1 Å².